The Morgan fingerprint density at radius 2 is 2.33 bits per heavy atom. The van der Waals surface area contributed by atoms with Crippen molar-refractivity contribution in [3.8, 4) is 0 Å². The first-order valence-electron chi connectivity index (χ1n) is 6.84. The maximum atomic E-state index is 11.9. The second-order valence-corrected chi connectivity index (χ2v) is 6.10. The first-order chi connectivity index (χ1) is 10.1. The molecule has 2 fully saturated rings. The fourth-order valence-corrected chi connectivity index (χ4v) is 3.68. The molecule has 2 saturated heterocycles. The van der Waals surface area contributed by atoms with Crippen LogP contribution in [0.2, 0.25) is 0 Å². The SMILES string of the molecule is Nc1nccn2c(C3CN4C(=O)CCC4CO3)nc(Br)c12. The largest absolute Gasteiger partial charge is 0.382 e. The molecule has 2 aliphatic heterocycles. The van der Waals surface area contributed by atoms with Crippen LogP contribution in [0.3, 0.4) is 0 Å². The van der Waals surface area contributed by atoms with E-state index in [0.29, 0.717) is 30.0 Å². The average molecular weight is 352 g/mol. The lowest BCUT2D eigenvalue weighted by Crippen LogP contribution is -2.44. The molecule has 2 aromatic rings. The number of aromatic nitrogens is 3. The minimum atomic E-state index is -0.246. The van der Waals surface area contributed by atoms with Crippen LogP contribution in [0.4, 0.5) is 5.82 Å². The fraction of sp³-hybridized carbons (Fsp3) is 0.462. The van der Waals surface area contributed by atoms with E-state index in [-0.39, 0.29) is 18.1 Å². The fourth-order valence-electron chi connectivity index (χ4n) is 3.10. The van der Waals surface area contributed by atoms with Gasteiger partial charge in [0.2, 0.25) is 5.91 Å². The molecule has 0 aliphatic carbocycles. The van der Waals surface area contributed by atoms with E-state index < -0.39 is 0 Å². The number of carbonyl (C=O) groups is 1. The third-order valence-corrected chi connectivity index (χ3v) is 4.71. The zero-order valence-corrected chi connectivity index (χ0v) is 12.8. The molecule has 2 unspecified atom stereocenters. The highest BCUT2D eigenvalue weighted by Crippen LogP contribution is 2.33. The Morgan fingerprint density at radius 3 is 3.19 bits per heavy atom. The van der Waals surface area contributed by atoms with E-state index >= 15 is 0 Å². The van der Waals surface area contributed by atoms with Crippen molar-refractivity contribution in [2.75, 3.05) is 18.9 Å². The van der Waals surface area contributed by atoms with Crippen LogP contribution in [0.25, 0.3) is 5.52 Å². The van der Waals surface area contributed by atoms with Crippen molar-refractivity contribution in [2.24, 2.45) is 0 Å². The van der Waals surface area contributed by atoms with E-state index in [9.17, 15) is 4.79 Å². The van der Waals surface area contributed by atoms with Gasteiger partial charge in [-0.1, -0.05) is 0 Å². The van der Waals surface area contributed by atoms with Crippen molar-refractivity contribution >= 4 is 33.2 Å². The van der Waals surface area contributed by atoms with Gasteiger partial charge < -0.3 is 15.4 Å². The molecule has 0 radical (unpaired) electrons. The normalized spacial score (nSPS) is 25.6. The smallest absolute Gasteiger partial charge is 0.223 e. The quantitative estimate of drug-likeness (QED) is 0.832. The number of rotatable bonds is 1. The van der Waals surface area contributed by atoms with Gasteiger partial charge in [-0.2, -0.15) is 0 Å². The maximum absolute atomic E-state index is 11.9. The number of ether oxygens (including phenoxy) is 1. The number of amides is 1. The molecule has 2 atom stereocenters. The average Bonchev–Trinajstić information content (AvgIpc) is 3.01. The Balaban J connectivity index is 1.74. The van der Waals surface area contributed by atoms with Gasteiger partial charge in [0.1, 0.15) is 22.0 Å². The molecule has 8 heteroatoms. The number of nitrogens with two attached hydrogens (primary N) is 1. The lowest BCUT2D eigenvalue weighted by atomic mass is 10.2. The second kappa shape index (κ2) is 4.67. The molecule has 2 aromatic heterocycles. The lowest BCUT2D eigenvalue weighted by molar-refractivity contribution is -0.137. The lowest BCUT2D eigenvalue weighted by Gasteiger charge is -2.34. The number of fused-ring (bicyclic) bond motifs is 2. The number of morpholine rings is 1. The van der Waals surface area contributed by atoms with Gasteiger partial charge in [-0.3, -0.25) is 9.20 Å². The number of hydrogen-bond donors (Lipinski definition) is 1. The minimum absolute atomic E-state index is 0.203. The van der Waals surface area contributed by atoms with E-state index in [1.54, 1.807) is 12.4 Å². The summed E-state index contributed by atoms with van der Waals surface area (Å²) in [6.07, 6.45) is 4.69. The van der Waals surface area contributed by atoms with Crippen LogP contribution in [0.1, 0.15) is 24.8 Å². The first-order valence-corrected chi connectivity index (χ1v) is 7.63. The van der Waals surface area contributed by atoms with Crippen molar-refractivity contribution < 1.29 is 9.53 Å². The summed E-state index contributed by atoms with van der Waals surface area (Å²) in [7, 11) is 0. The molecule has 7 nitrogen and oxygen atoms in total. The molecule has 4 rings (SSSR count). The zero-order valence-electron chi connectivity index (χ0n) is 11.2. The summed E-state index contributed by atoms with van der Waals surface area (Å²) in [5.74, 6) is 1.35. The number of nitrogen functional groups attached to an aromatic ring is 1. The van der Waals surface area contributed by atoms with E-state index in [1.807, 2.05) is 9.30 Å². The number of hydrogen-bond acceptors (Lipinski definition) is 5. The minimum Gasteiger partial charge on any atom is -0.382 e. The molecular weight excluding hydrogens is 338 g/mol. The highest BCUT2D eigenvalue weighted by atomic mass is 79.9. The number of nitrogens with zero attached hydrogens (tertiary/aromatic N) is 4. The summed E-state index contributed by atoms with van der Waals surface area (Å²) in [5.41, 5.74) is 6.63. The number of carbonyl (C=O) groups excluding carboxylic acids is 1. The third kappa shape index (κ3) is 1.93. The van der Waals surface area contributed by atoms with Gasteiger partial charge in [-0.25, -0.2) is 9.97 Å². The van der Waals surface area contributed by atoms with Gasteiger partial charge in [0, 0.05) is 18.8 Å². The monoisotopic (exact) mass is 351 g/mol. The van der Waals surface area contributed by atoms with Gasteiger partial charge in [0.25, 0.3) is 0 Å². The molecule has 0 spiro atoms. The molecular formula is C13H14BrN5O2. The third-order valence-electron chi connectivity index (χ3n) is 4.16. The summed E-state index contributed by atoms with van der Waals surface area (Å²) in [4.78, 5) is 22.4. The predicted molar refractivity (Wildman–Crippen MR) is 78.5 cm³/mol. The van der Waals surface area contributed by atoms with Crippen LogP contribution in [0, 0.1) is 0 Å². The van der Waals surface area contributed by atoms with Crippen LogP contribution in [0.15, 0.2) is 17.0 Å². The summed E-state index contributed by atoms with van der Waals surface area (Å²) < 4.78 is 8.44. The summed E-state index contributed by atoms with van der Waals surface area (Å²) in [6.45, 7) is 1.10. The van der Waals surface area contributed by atoms with Gasteiger partial charge >= 0.3 is 0 Å². The van der Waals surface area contributed by atoms with Crippen molar-refractivity contribution in [3.05, 3.63) is 22.8 Å². The van der Waals surface area contributed by atoms with Crippen molar-refractivity contribution in [3.63, 3.8) is 0 Å². The van der Waals surface area contributed by atoms with Gasteiger partial charge in [-0.15, -0.1) is 0 Å². The molecule has 2 aliphatic rings. The Hall–Kier alpha value is -1.67. The Morgan fingerprint density at radius 1 is 1.48 bits per heavy atom. The molecule has 1 amide bonds. The van der Waals surface area contributed by atoms with Crippen LogP contribution in [-0.2, 0) is 9.53 Å². The van der Waals surface area contributed by atoms with Crippen LogP contribution >= 0.6 is 15.9 Å². The van der Waals surface area contributed by atoms with Crippen molar-refractivity contribution in [1.82, 2.24) is 19.3 Å². The predicted octanol–water partition coefficient (Wildman–Crippen LogP) is 1.14. The van der Waals surface area contributed by atoms with E-state index in [0.717, 1.165) is 17.8 Å². The molecule has 4 heterocycles. The Kier molecular flexibility index (Phi) is 2.90. The molecule has 0 bridgehead atoms. The number of imidazole rings is 1. The Labute approximate surface area is 129 Å². The van der Waals surface area contributed by atoms with Crippen LogP contribution in [-0.4, -0.2) is 44.4 Å². The standard InChI is InChI=1S/C13H14BrN5O2/c14-11-10-12(15)16-3-4-18(10)13(17-11)8-5-19-7(6-21-8)1-2-9(19)20/h3-4,7-8H,1-2,5-6H2,(H2,15,16). The van der Waals surface area contributed by atoms with Gasteiger partial charge in [0.15, 0.2) is 5.82 Å². The molecule has 2 N–H and O–H groups in total. The van der Waals surface area contributed by atoms with Gasteiger partial charge in [-0.05, 0) is 22.4 Å². The zero-order chi connectivity index (χ0) is 14.6. The number of anilines is 1. The van der Waals surface area contributed by atoms with Crippen molar-refractivity contribution in [2.45, 2.75) is 25.0 Å². The highest BCUT2D eigenvalue weighted by molar-refractivity contribution is 9.10. The number of halogens is 1. The van der Waals surface area contributed by atoms with Crippen molar-refractivity contribution in [1.29, 1.82) is 0 Å². The van der Waals surface area contributed by atoms with E-state index in [4.69, 9.17) is 10.5 Å². The van der Waals surface area contributed by atoms with Crippen LogP contribution < -0.4 is 5.73 Å². The highest BCUT2D eigenvalue weighted by Gasteiger charge is 2.38. The second-order valence-electron chi connectivity index (χ2n) is 5.35. The molecule has 21 heavy (non-hydrogen) atoms. The van der Waals surface area contributed by atoms with E-state index in [1.165, 1.54) is 0 Å². The molecule has 0 aromatic carbocycles. The maximum Gasteiger partial charge on any atom is 0.223 e. The Bertz CT molecular complexity index is 731. The summed E-state index contributed by atoms with van der Waals surface area (Å²) in [6, 6.07) is 0.218. The summed E-state index contributed by atoms with van der Waals surface area (Å²) in [5, 5.41) is 0. The molecule has 0 saturated carbocycles. The van der Waals surface area contributed by atoms with E-state index in [2.05, 4.69) is 25.9 Å². The van der Waals surface area contributed by atoms with Crippen LogP contribution in [0.5, 0.6) is 0 Å². The van der Waals surface area contributed by atoms with Gasteiger partial charge in [0.05, 0.1) is 19.2 Å². The first kappa shape index (κ1) is 13.0. The summed E-state index contributed by atoms with van der Waals surface area (Å²) >= 11 is 3.42. The molecule has 110 valence electrons. The topological polar surface area (TPSA) is 85.8 Å².